The van der Waals surface area contributed by atoms with Crippen molar-refractivity contribution in [2.24, 2.45) is 0 Å². The van der Waals surface area contributed by atoms with Crippen molar-refractivity contribution in [2.45, 2.75) is 43.9 Å². The Labute approximate surface area is 183 Å². The van der Waals surface area contributed by atoms with Gasteiger partial charge in [0.25, 0.3) is 5.91 Å². The maximum atomic E-state index is 13.0. The van der Waals surface area contributed by atoms with Gasteiger partial charge in [-0.25, -0.2) is 0 Å². The van der Waals surface area contributed by atoms with Crippen molar-refractivity contribution in [3.8, 4) is 0 Å². The summed E-state index contributed by atoms with van der Waals surface area (Å²) in [7, 11) is 0. The van der Waals surface area contributed by atoms with Crippen molar-refractivity contribution in [1.29, 1.82) is 0 Å². The number of aryl methyl sites for hydroxylation is 2. The standard InChI is InChI=1S/C25H30N2O2S/c1-2-20-8-11-22(12-9-20)24(29)26-16-14-25(15-17-26)27(18-19-30-25)23(28)13-10-21-6-4-3-5-7-21/h3-9,11-12H,2,10,13-19H2,1H3. The number of likely N-dealkylation sites (tertiary alicyclic amines) is 1. The maximum absolute atomic E-state index is 13.0. The first-order valence-corrected chi connectivity index (χ1v) is 12.0. The zero-order valence-electron chi connectivity index (χ0n) is 17.7. The van der Waals surface area contributed by atoms with Crippen LogP contribution in [-0.4, -0.2) is 51.9 Å². The van der Waals surface area contributed by atoms with Crippen LogP contribution in [-0.2, 0) is 17.6 Å². The zero-order chi connectivity index (χ0) is 21.0. The lowest BCUT2D eigenvalue weighted by Gasteiger charge is -2.44. The minimum absolute atomic E-state index is 0.109. The summed E-state index contributed by atoms with van der Waals surface area (Å²) in [6.45, 7) is 4.37. The Morgan fingerprint density at radius 1 is 0.933 bits per heavy atom. The van der Waals surface area contributed by atoms with Gasteiger partial charge in [0.05, 0.1) is 4.87 Å². The van der Waals surface area contributed by atoms with E-state index in [1.54, 1.807) is 0 Å². The summed E-state index contributed by atoms with van der Waals surface area (Å²) in [5, 5.41) is 0. The van der Waals surface area contributed by atoms with Crippen LogP contribution in [0.4, 0.5) is 0 Å². The van der Waals surface area contributed by atoms with Gasteiger partial charge in [0.2, 0.25) is 5.91 Å². The highest BCUT2D eigenvalue weighted by Gasteiger charge is 2.46. The number of carbonyl (C=O) groups excluding carboxylic acids is 2. The molecule has 30 heavy (non-hydrogen) atoms. The van der Waals surface area contributed by atoms with E-state index in [9.17, 15) is 9.59 Å². The molecule has 1 spiro atoms. The summed E-state index contributed by atoms with van der Waals surface area (Å²) >= 11 is 1.91. The number of hydrogen-bond donors (Lipinski definition) is 0. The Morgan fingerprint density at radius 2 is 1.63 bits per heavy atom. The van der Waals surface area contributed by atoms with Crippen molar-refractivity contribution in [3.63, 3.8) is 0 Å². The van der Waals surface area contributed by atoms with Crippen LogP contribution < -0.4 is 0 Å². The predicted molar refractivity (Wildman–Crippen MR) is 123 cm³/mol. The van der Waals surface area contributed by atoms with Gasteiger partial charge in [-0.2, -0.15) is 0 Å². The molecular weight excluding hydrogens is 392 g/mol. The van der Waals surface area contributed by atoms with Gasteiger partial charge in [-0.3, -0.25) is 9.59 Å². The second kappa shape index (κ2) is 9.25. The predicted octanol–water partition coefficient (Wildman–Crippen LogP) is 4.39. The summed E-state index contributed by atoms with van der Waals surface area (Å²) in [6.07, 6.45) is 4.03. The molecule has 0 saturated carbocycles. The van der Waals surface area contributed by atoms with Crippen LogP contribution in [0.5, 0.6) is 0 Å². The monoisotopic (exact) mass is 422 g/mol. The molecule has 0 bridgehead atoms. The Bertz CT molecular complexity index is 874. The lowest BCUT2D eigenvalue weighted by atomic mass is 9.99. The Balaban J connectivity index is 1.36. The third-order valence-corrected chi connectivity index (χ3v) is 7.94. The minimum atomic E-state index is -0.128. The fourth-order valence-corrected chi connectivity index (χ4v) is 6.00. The fraction of sp³-hybridized carbons (Fsp3) is 0.440. The number of thioether (sulfide) groups is 1. The van der Waals surface area contributed by atoms with E-state index in [0.29, 0.717) is 19.5 Å². The third kappa shape index (κ3) is 4.41. The van der Waals surface area contributed by atoms with E-state index in [4.69, 9.17) is 0 Å². The number of rotatable bonds is 5. The maximum Gasteiger partial charge on any atom is 0.253 e. The van der Waals surface area contributed by atoms with Gasteiger partial charge >= 0.3 is 0 Å². The van der Waals surface area contributed by atoms with Crippen LogP contribution in [0, 0.1) is 0 Å². The van der Waals surface area contributed by atoms with Crippen molar-refractivity contribution < 1.29 is 9.59 Å². The van der Waals surface area contributed by atoms with Gasteiger partial charge in [-0.15, -0.1) is 11.8 Å². The second-order valence-electron chi connectivity index (χ2n) is 8.17. The SMILES string of the molecule is CCc1ccc(C(=O)N2CCC3(CC2)SCCN3C(=O)CCc2ccccc2)cc1. The number of nitrogens with zero attached hydrogens (tertiary/aromatic N) is 2. The smallest absolute Gasteiger partial charge is 0.253 e. The van der Waals surface area contributed by atoms with Gasteiger partial charge in [-0.05, 0) is 48.9 Å². The Hall–Kier alpha value is -2.27. The molecule has 5 heteroatoms. The molecule has 2 fully saturated rings. The molecule has 2 saturated heterocycles. The second-order valence-corrected chi connectivity index (χ2v) is 9.63. The molecule has 158 valence electrons. The van der Waals surface area contributed by atoms with Crippen molar-refractivity contribution in [1.82, 2.24) is 9.80 Å². The molecule has 0 atom stereocenters. The first-order chi connectivity index (χ1) is 14.6. The quantitative estimate of drug-likeness (QED) is 0.718. The normalized spacial score (nSPS) is 18.0. The van der Waals surface area contributed by atoms with E-state index in [1.807, 2.05) is 59.1 Å². The molecule has 0 aliphatic carbocycles. The summed E-state index contributed by atoms with van der Waals surface area (Å²) in [6, 6.07) is 18.2. The molecule has 2 aromatic rings. The number of amides is 2. The largest absolute Gasteiger partial charge is 0.338 e. The Kier molecular flexibility index (Phi) is 6.47. The van der Waals surface area contributed by atoms with Crippen molar-refractivity contribution >= 4 is 23.6 Å². The van der Waals surface area contributed by atoms with E-state index in [-0.39, 0.29) is 16.7 Å². The molecule has 0 unspecified atom stereocenters. The summed E-state index contributed by atoms with van der Waals surface area (Å²) in [5.74, 6) is 1.35. The van der Waals surface area contributed by atoms with E-state index in [2.05, 4.69) is 24.0 Å². The molecule has 2 aromatic carbocycles. The molecule has 0 N–H and O–H groups in total. The lowest BCUT2D eigenvalue weighted by Crippen LogP contribution is -2.53. The van der Waals surface area contributed by atoms with Gasteiger partial charge in [-0.1, -0.05) is 49.4 Å². The molecule has 2 amide bonds. The molecule has 4 rings (SSSR count). The summed E-state index contributed by atoms with van der Waals surface area (Å²) in [5.41, 5.74) is 3.22. The van der Waals surface area contributed by atoms with Crippen LogP contribution in [0.1, 0.15) is 47.7 Å². The van der Waals surface area contributed by atoms with Gasteiger partial charge in [0.1, 0.15) is 0 Å². The van der Waals surface area contributed by atoms with Crippen molar-refractivity contribution in [2.75, 3.05) is 25.4 Å². The van der Waals surface area contributed by atoms with Crippen LogP contribution in [0.3, 0.4) is 0 Å². The molecule has 4 nitrogen and oxygen atoms in total. The molecule has 2 heterocycles. The highest BCUT2D eigenvalue weighted by atomic mass is 32.2. The lowest BCUT2D eigenvalue weighted by molar-refractivity contribution is -0.134. The zero-order valence-corrected chi connectivity index (χ0v) is 18.5. The fourth-order valence-electron chi connectivity index (χ4n) is 4.53. The first-order valence-electron chi connectivity index (χ1n) is 11.0. The van der Waals surface area contributed by atoms with E-state index >= 15 is 0 Å². The number of carbonyl (C=O) groups is 2. The molecular formula is C25H30N2O2S. The van der Waals surface area contributed by atoms with Crippen molar-refractivity contribution in [3.05, 3.63) is 71.3 Å². The Morgan fingerprint density at radius 3 is 2.30 bits per heavy atom. The highest BCUT2D eigenvalue weighted by Crippen LogP contribution is 2.44. The number of piperidine rings is 1. The molecule has 2 aliphatic heterocycles. The molecule has 0 aromatic heterocycles. The number of hydrogen-bond acceptors (Lipinski definition) is 3. The summed E-state index contributed by atoms with van der Waals surface area (Å²) < 4.78 is 0. The minimum Gasteiger partial charge on any atom is -0.338 e. The van der Waals surface area contributed by atoms with E-state index in [0.717, 1.165) is 43.5 Å². The van der Waals surface area contributed by atoms with Crippen LogP contribution in [0.15, 0.2) is 54.6 Å². The van der Waals surface area contributed by atoms with Crippen LogP contribution in [0.25, 0.3) is 0 Å². The van der Waals surface area contributed by atoms with E-state index < -0.39 is 0 Å². The average molecular weight is 423 g/mol. The van der Waals surface area contributed by atoms with Gasteiger partial charge in [0.15, 0.2) is 0 Å². The van der Waals surface area contributed by atoms with Gasteiger partial charge in [0, 0.05) is 37.4 Å². The third-order valence-electron chi connectivity index (χ3n) is 6.39. The van der Waals surface area contributed by atoms with Gasteiger partial charge < -0.3 is 9.80 Å². The number of benzene rings is 2. The molecule has 0 radical (unpaired) electrons. The highest BCUT2D eigenvalue weighted by molar-refractivity contribution is 8.00. The van der Waals surface area contributed by atoms with E-state index in [1.165, 1.54) is 11.1 Å². The topological polar surface area (TPSA) is 40.6 Å². The summed E-state index contributed by atoms with van der Waals surface area (Å²) in [4.78, 5) is 29.9. The first kappa shape index (κ1) is 21.0. The average Bonchev–Trinajstić information content (AvgIpc) is 3.21. The van der Waals surface area contributed by atoms with Crippen LogP contribution in [0.2, 0.25) is 0 Å². The molecule has 2 aliphatic rings. The van der Waals surface area contributed by atoms with Crippen LogP contribution >= 0.6 is 11.8 Å².